The molecule has 1 atom stereocenters. The number of amides is 1. The summed E-state index contributed by atoms with van der Waals surface area (Å²) in [5, 5.41) is 0.840. The summed E-state index contributed by atoms with van der Waals surface area (Å²) in [6.45, 7) is 0.380. The van der Waals surface area contributed by atoms with Crippen LogP contribution in [-0.2, 0) is 27.3 Å². The number of nitrogens with two attached hydrogens (primary N) is 1. The number of ether oxygens (including phenoxy) is 3. The van der Waals surface area contributed by atoms with E-state index in [9.17, 15) is 9.59 Å². The van der Waals surface area contributed by atoms with Gasteiger partial charge < -0.3 is 24.5 Å². The SMILES string of the molecule is COC(=O)COc1cccc2c1c1c(n2Cc2ccccc2OC)CCCCC1C(N)=O. The molecule has 1 amide bonds. The van der Waals surface area contributed by atoms with Gasteiger partial charge in [-0.3, -0.25) is 4.79 Å². The van der Waals surface area contributed by atoms with Gasteiger partial charge in [-0.15, -0.1) is 0 Å². The lowest BCUT2D eigenvalue weighted by molar-refractivity contribution is -0.142. The predicted octanol–water partition coefficient (Wildman–Crippen LogP) is 3.55. The predicted molar refractivity (Wildman–Crippen MR) is 121 cm³/mol. The number of hydrogen-bond acceptors (Lipinski definition) is 5. The maximum Gasteiger partial charge on any atom is 0.343 e. The number of carbonyl (C=O) groups excluding carboxylic acids is 2. The number of primary amides is 1. The Morgan fingerprint density at radius 2 is 1.84 bits per heavy atom. The Hall–Kier alpha value is -3.48. The highest BCUT2D eigenvalue weighted by molar-refractivity contribution is 5.97. The van der Waals surface area contributed by atoms with Crippen LogP contribution in [0.25, 0.3) is 10.9 Å². The summed E-state index contributed by atoms with van der Waals surface area (Å²) in [5.41, 5.74) is 9.84. The number of fused-ring (bicyclic) bond motifs is 3. The summed E-state index contributed by atoms with van der Waals surface area (Å²) in [4.78, 5) is 24.2. The van der Waals surface area contributed by atoms with Crippen LogP contribution in [0.3, 0.4) is 0 Å². The van der Waals surface area contributed by atoms with Crippen LogP contribution in [0.2, 0.25) is 0 Å². The number of esters is 1. The Morgan fingerprint density at radius 3 is 2.59 bits per heavy atom. The second-order valence-electron chi connectivity index (χ2n) is 7.97. The van der Waals surface area contributed by atoms with E-state index in [1.807, 2.05) is 42.5 Å². The first-order valence-electron chi connectivity index (χ1n) is 10.8. The summed E-state index contributed by atoms with van der Waals surface area (Å²) in [7, 11) is 2.99. The summed E-state index contributed by atoms with van der Waals surface area (Å²) in [6.07, 6.45) is 3.42. The van der Waals surface area contributed by atoms with Crippen LogP contribution in [0.15, 0.2) is 42.5 Å². The zero-order chi connectivity index (χ0) is 22.7. The zero-order valence-corrected chi connectivity index (χ0v) is 18.4. The van der Waals surface area contributed by atoms with E-state index >= 15 is 0 Å². The Balaban J connectivity index is 1.93. The van der Waals surface area contributed by atoms with Gasteiger partial charge in [-0.05, 0) is 43.0 Å². The summed E-state index contributed by atoms with van der Waals surface area (Å²) >= 11 is 0. The third-order valence-electron chi connectivity index (χ3n) is 6.14. The number of aromatic nitrogens is 1. The minimum Gasteiger partial charge on any atom is -0.496 e. The maximum absolute atomic E-state index is 12.5. The van der Waals surface area contributed by atoms with E-state index < -0.39 is 11.9 Å². The van der Waals surface area contributed by atoms with Gasteiger partial charge in [0.05, 0.1) is 32.2 Å². The molecule has 7 heteroatoms. The van der Waals surface area contributed by atoms with Gasteiger partial charge in [0.2, 0.25) is 5.91 Å². The van der Waals surface area contributed by atoms with E-state index in [0.29, 0.717) is 18.7 Å². The fraction of sp³-hybridized carbons (Fsp3) is 0.360. The molecule has 1 unspecified atom stereocenters. The molecule has 168 valence electrons. The molecule has 0 bridgehead atoms. The van der Waals surface area contributed by atoms with Crippen LogP contribution in [0.5, 0.6) is 11.5 Å². The number of benzene rings is 2. The molecule has 4 rings (SSSR count). The van der Waals surface area contributed by atoms with Crippen molar-refractivity contribution < 1.29 is 23.8 Å². The Morgan fingerprint density at radius 1 is 1.06 bits per heavy atom. The molecular formula is C25H28N2O5. The minimum atomic E-state index is -0.465. The van der Waals surface area contributed by atoms with Crippen LogP contribution in [-0.4, -0.2) is 37.3 Å². The van der Waals surface area contributed by atoms with Gasteiger partial charge in [-0.25, -0.2) is 4.79 Å². The fourth-order valence-electron chi connectivity index (χ4n) is 4.67. The first-order valence-corrected chi connectivity index (χ1v) is 10.8. The van der Waals surface area contributed by atoms with E-state index in [2.05, 4.69) is 4.57 Å². The van der Waals surface area contributed by atoms with Crippen molar-refractivity contribution in [3.63, 3.8) is 0 Å². The molecule has 7 nitrogen and oxygen atoms in total. The Kier molecular flexibility index (Phi) is 6.35. The molecule has 0 radical (unpaired) electrons. The van der Waals surface area contributed by atoms with Crippen molar-refractivity contribution in [3.05, 3.63) is 59.3 Å². The van der Waals surface area contributed by atoms with Crippen molar-refractivity contribution in [3.8, 4) is 11.5 Å². The number of para-hydroxylation sites is 1. The second kappa shape index (κ2) is 9.34. The second-order valence-corrected chi connectivity index (χ2v) is 7.97. The number of nitrogens with zero attached hydrogens (tertiary/aromatic N) is 1. The van der Waals surface area contributed by atoms with Gasteiger partial charge in [0.25, 0.3) is 0 Å². The van der Waals surface area contributed by atoms with Crippen molar-refractivity contribution in [1.82, 2.24) is 4.57 Å². The average Bonchev–Trinajstić information content (AvgIpc) is 2.96. The smallest absolute Gasteiger partial charge is 0.343 e. The van der Waals surface area contributed by atoms with Crippen molar-refractivity contribution in [2.45, 2.75) is 38.1 Å². The van der Waals surface area contributed by atoms with Gasteiger partial charge >= 0.3 is 5.97 Å². The largest absolute Gasteiger partial charge is 0.496 e. The lowest BCUT2D eigenvalue weighted by Crippen LogP contribution is -2.21. The molecule has 1 heterocycles. The average molecular weight is 437 g/mol. The van der Waals surface area contributed by atoms with Crippen LogP contribution >= 0.6 is 0 Å². The number of methoxy groups -OCH3 is 2. The molecular weight excluding hydrogens is 408 g/mol. The molecule has 2 N–H and O–H groups in total. The molecule has 0 aliphatic heterocycles. The third-order valence-corrected chi connectivity index (χ3v) is 6.14. The fourth-order valence-corrected chi connectivity index (χ4v) is 4.67. The van der Waals surface area contributed by atoms with Gasteiger partial charge in [-0.1, -0.05) is 30.7 Å². The van der Waals surface area contributed by atoms with E-state index in [1.165, 1.54) is 7.11 Å². The highest BCUT2D eigenvalue weighted by atomic mass is 16.6. The van der Waals surface area contributed by atoms with Crippen LogP contribution in [0, 0.1) is 0 Å². The summed E-state index contributed by atoms with van der Waals surface area (Å²) in [6, 6.07) is 13.6. The van der Waals surface area contributed by atoms with Crippen molar-refractivity contribution >= 4 is 22.8 Å². The highest BCUT2D eigenvalue weighted by Crippen LogP contribution is 2.42. The van der Waals surface area contributed by atoms with E-state index in [4.69, 9.17) is 19.9 Å². The van der Waals surface area contributed by atoms with Crippen LogP contribution < -0.4 is 15.2 Å². The topological polar surface area (TPSA) is 92.8 Å². The van der Waals surface area contributed by atoms with E-state index in [1.54, 1.807) is 7.11 Å². The van der Waals surface area contributed by atoms with Crippen molar-refractivity contribution in [2.75, 3.05) is 20.8 Å². The standard InChI is InChI=1S/C25H28N2O5/c1-30-20-12-6-3-8-16(20)14-27-18-10-5-4-9-17(25(26)29)23(18)24-19(27)11-7-13-21(24)32-15-22(28)31-2/h3,6-8,11-13,17H,4-5,9-10,14-15H2,1-2H3,(H2,26,29). The highest BCUT2D eigenvalue weighted by Gasteiger charge is 2.31. The molecule has 3 aromatic rings. The van der Waals surface area contributed by atoms with E-state index in [-0.39, 0.29) is 12.5 Å². The minimum absolute atomic E-state index is 0.205. The molecule has 1 aliphatic carbocycles. The van der Waals surface area contributed by atoms with Crippen molar-refractivity contribution in [1.29, 1.82) is 0 Å². The molecule has 2 aromatic carbocycles. The lowest BCUT2D eigenvalue weighted by atomic mass is 9.92. The molecule has 0 saturated heterocycles. The third kappa shape index (κ3) is 4.02. The summed E-state index contributed by atoms with van der Waals surface area (Å²) in [5.74, 6) is 0.148. The first kappa shape index (κ1) is 21.7. The van der Waals surface area contributed by atoms with Gasteiger partial charge in [0.15, 0.2) is 6.61 Å². The number of carbonyl (C=O) groups is 2. The van der Waals surface area contributed by atoms with E-state index in [0.717, 1.165) is 52.7 Å². The lowest BCUT2D eigenvalue weighted by Gasteiger charge is -2.15. The van der Waals surface area contributed by atoms with Crippen molar-refractivity contribution in [2.24, 2.45) is 5.73 Å². The molecule has 0 spiro atoms. The molecule has 1 aliphatic rings. The van der Waals surface area contributed by atoms with Crippen LogP contribution in [0.4, 0.5) is 0 Å². The molecule has 0 saturated carbocycles. The van der Waals surface area contributed by atoms with Gasteiger partial charge in [-0.2, -0.15) is 0 Å². The van der Waals surface area contributed by atoms with Gasteiger partial charge in [0, 0.05) is 16.6 Å². The molecule has 32 heavy (non-hydrogen) atoms. The normalized spacial score (nSPS) is 15.6. The van der Waals surface area contributed by atoms with Gasteiger partial charge in [0.1, 0.15) is 11.5 Å². The maximum atomic E-state index is 12.5. The monoisotopic (exact) mass is 436 g/mol. The zero-order valence-electron chi connectivity index (χ0n) is 18.4. The molecule has 0 fully saturated rings. The quantitative estimate of drug-likeness (QED) is 0.452. The van der Waals surface area contributed by atoms with Crippen LogP contribution in [0.1, 0.15) is 42.0 Å². The first-order chi connectivity index (χ1) is 15.5. The number of rotatable bonds is 7. The molecule has 1 aromatic heterocycles. The Bertz CT molecular complexity index is 1150. The Labute approximate surface area is 187 Å². The summed E-state index contributed by atoms with van der Waals surface area (Å²) < 4.78 is 18.4. The number of hydrogen-bond donors (Lipinski definition) is 1.